The van der Waals surface area contributed by atoms with Gasteiger partial charge in [-0.2, -0.15) is 5.56 Å². The summed E-state index contributed by atoms with van der Waals surface area (Å²) < 4.78 is 0. The quantitative estimate of drug-likeness (QED) is 0.499. The number of hydrogen-bond donors (Lipinski definition) is 3. The summed E-state index contributed by atoms with van der Waals surface area (Å²) in [6, 6.07) is 0. The third kappa shape index (κ3) is 5.20. The van der Waals surface area contributed by atoms with Gasteiger partial charge >= 0.3 is 0 Å². The molecule has 23 heavy (non-hydrogen) atoms. The van der Waals surface area contributed by atoms with Crippen LogP contribution in [0.3, 0.4) is 0 Å². The molecule has 0 radical (unpaired) electrons. The van der Waals surface area contributed by atoms with E-state index in [1.807, 2.05) is 0 Å². The molecular weight excluding hydrogens is 324 g/mol. The predicted molar refractivity (Wildman–Crippen MR) is 97.1 cm³/mol. The second-order valence-electron chi connectivity index (χ2n) is 5.12. The second kappa shape index (κ2) is 12.8. The van der Waals surface area contributed by atoms with Crippen LogP contribution in [0.25, 0.3) is 10.8 Å². The maximum absolute atomic E-state index is 7.00. The van der Waals surface area contributed by atoms with E-state index in [4.69, 9.17) is 15.3 Å². The molecule has 0 unspecified atom stereocenters. The Bertz CT molecular complexity index is 548. The zero-order valence-electron chi connectivity index (χ0n) is 16.3. The first-order chi connectivity index (χ1) is 10.4. The van der Waals surface area contributed by atoms with Crippen LogP contribution in [0.5, 0.6) is 0 Å². The number of benzene rings is 1. The van der Waals surface area contributed by atoms with Crippen LogP contribution < -0.4 is 0 Å². The SMILES string of the molecule is CO.CO.CO.Cc1c(C)c(C)c2c(c1C)c(C)c(C)[c-]2C.[Ti]. The zero-order chi connectivity index (χ0) is 18.2. The molecule has 0 aliphatic rings. The number of aliphatic hydroxyl groups excluding tert-OH is 3. The van der Waals surface area contributed by atoms with Gasteiger partial charge in [-0.1, -0.05) is 44.4 Å². The minimum Gasteiger partial charge on any atom is -0.400 e. The Morgan fingerprint density at radius 3 is 1.30 bits per heavy atom. The Hall–Kier alpha value is -0.576. The van der Waals surface area contributed by atoms with Crippen LogP contribution in [-0.4, -0.2) is 36.6 Å². The van der Waals surface area contributed by atoms with Crippen molar-refractivity contribution < 1.29 is 37.0 Å². The number of aliphatic hydroxyl groups is 3. The van der Waals surface area contributed by atoms with Crippen LogP contribution in [0, 0.1) is 48.5 Å². The summed E-state index contributed by atoms with van der Waals surface area (Å²) in [5.41, 5.74) is 10.2. The van der Waals surface area contributed by atoms with Crippen LogP contribution in [0.15, 0.2) is 0 Å². The molecule has 0 spiro atoms. The number of hydrogen-bond acceptors (Lipinski definition) is 3. The maximum atomic E-state index is 7.00. The van der Waals surface area contributed by atoms with E-state index in [0.29, 0.717) is 0 Å². The zero-order valence-corrected chi connectivity index (χ0v) is 17.9. The molecule has 0 atom stereocenters. The smallest absolute Gasteiger partial charge is 0.0319 e. The van der Waals surface area contributed by atoms with Crippen molar-refractivity contribution in [1.29, 1.82) is 0 Å². The first-order valence-electron chi connectivity index (χ1n) is 7.34. The van der Waals surface area contributed by atoms with Gasteiger partial charge in [0.2, 0.25) is 0 Å². The fourth-order valence-corrected chi connectivity index (χ4v) is 2.91. The molecule has 0 fully saturated rings. The van der Waals surface area contributed by atoms with E-state index in [-0.39, 0.29) is 21.7 Å². The molecule has 3 N–H and O–H groups in total. The Balaban J connectivity index is -0.000000514. The van der Waals surface area contributed by atoms with Gasteiger partial charge < -0.3 is 15.3 Å². The van der Waals surface area contributed by atoms with Crippen molar-refractivity contribution in [1.82, 2.24) is 0 Å². The molecule has 4 heteroatoms. The minimum absolute atomic E-state index is 0. The first kappa shape index (κ1) is 27.3. The van der Waals surface area contributed by atoms with Crippen molar-refractivity contribution in [2.24, 2.45) is 0 Å². The van der Waals surface area contributed by atoms with Gasteiger partial charge in [0.15, 0.2) is 0 Å². The van der Waals surface area contributed by atoms with E-state index < -0.39 is 0 Å². The fourth-order valence-electron chi connectivity index (χ4n) is 2.91. The molecule has 0 amide bonds. The Kier molecular flexibility index (Phi) is 15.2. The van der Waals surface area contributed by atoms with Crippen molar-refractivity contribution >= 4 is 10.8 Å². The van der Waals surface area contributed by atoms with E-state index >= 15 is 0 Å². The molecule has 2 aromatic rings. The van der Waals surface area contributed by atoms with Gasteiger partial charge in [0.05, 0.1) is 0 Å². The summed E-state index contributed by atoms with van der Waals surface area (Å²) in [6.07, 6.45) is 0. The van der Waals surface area contributed by atoms with Crippen LogP contribution in [0.4, 0.5) is 0 Å². The van der Waals surface area contributed by atoms with Crippen LogP contribution in [0.1, 0.15) is 38.9 Å². The van der Waals surface area contributed by atoms with E-state index in [0.717, 1.165) is 21.3 Å². The van der Waals surface area contributed by atoms with E-state index in [1.54, 1.807) is 0 Å². The van der Waals surface area contributed by atoms with E-state index in [9.17, 15) is 0 Å². The standard InChI is InChI=1S/C16H21.3CH4O.Ti/c1-8-9(2)12(5)16-14(7)10(3)13(6)15(16)11(8)4;3*1-2;/h1-7H3;3*2H,1H3;/q-1;;;;. The molecule has 132 valence electrons. The third-order valence-corrected chi connectivity index (χ3v) is 4.56. The van der Waals surface area contributed by atoms with Gasteiger partial charge in [-0.05, 0) is 20.8 Å². The van der Waals surface area contributed by atoms with Crippen LogP contribution >= 0.6 is 0 Å². The second-order valence-corrected chi connectivity index (χ2v) is 5.12. The summed E-state index contributed by atoms with van der Waals surface area (Å²) in [7, 11) is 3.00. The molecule has 0 aliphatic carbocycles. The first-order valence-corrected chi connectivity index (χ1v) is 7.34. The van der Waals surface area contributed by atoms with E-state index in [1.165, 1.54) is 49.7 Å². The Morgan fingerprint density at radius 1 is 0.565 bits per heavy atom. The van der Waals surface area contributed by atoms with Gasteiger partial charge in [-0.15, -0.1) is 27.5 Å². The van der Waals surface area contributed by atoms with Crippen molar-refractivity contribution in [2.75, 3.05) is 21.3 Å². The van der Waals surface area contributed by atoms with Crippen molar-refractivity contribution in [3.63, 3.8) is 0 Å². The molecule has 2 aromatic carbocycles. The number of fused-ring (bicyclic) bond motifs is 1. The molecule has 0 saturated carbocycles. The normalized spacial score (nSPS) is 8.74. The summed E-state index contributed by atoms with van der Waals surface area (Å²) in [4.78, 5) is 0. The van der Waals surface area contributed by atoms with Gasteiger partial charge in [-0.3, -0.25) is 0 Å². The molecule has 0 aliphatic heterocycles. The monoisotopic (exact) mass is 357 g/mol. The molecule has 0 bridgehead atoms. The molecule has 0 heterocycles. The van der Waals surface area contributed by atoms with Gasteiger partial charge in [0, 0.05) is 43.0 Å². The average Bonchev–Trinajstić information content (AvgIpc) is 2.81. The molecule has 2 rings (SSSR count). The molecule has 0 saturated heterocycles. The topological polar surface area (TPSA) is 60.7 Å². The summed E-state index contributed by atoms with van der Waals surface area (Å²) in [5.74, 6) is 0. The summed E-state index contributed by atoms with van der Waals surface area (Å²) >= 11 is 0. The Labute approximate surface area is 156 Å². The van der Waals surface area contributed by atoms with Crippen LogP contribution in [-0.2, 0) is 21.7 Å². The van der Waals surface area contributed by atoms with Gasteiger partial charge in [0.1, 0.15) is 0 Å². The van der Waals surface area contributed by atoms with Crippen molar-refractivity contribution in [3.8, 4) is 0 Å². The third-order valence-electron chi connectivity index (χ3n) is 4.56. The molecule has 0 aromatic heterocycles. The van der Waals surface area contributed by atoms with E-state index in [2.05, 4.69) is 48.5 Å². The van der Waals surface area contributed by atoms with Gasteiger partial charge in [-0.25, -0.2) is 0 Å². The number of rotatable bonds is 0. The Morgan fingerprint density at radius 2 is 0.913 bits per heavy atom. The maximum Gasteiger partial charge on any atom is 0.0319 e. The van der Waals surface area contributed by atoms with Gasteiger partial charge in [0.25, 0.3) is 0 Å². The van der Waals surface area contributed by atoms with Crippen molar-refractivity contribution in [3.05, 3.63) is 38.9 Å². The fraction of sp³-hybridized carbons (Fsp3) is 0.526. The minimum atomic E-state index is 0. The average molecular weight is 357 g/mol. The summed E-state index contributed by atoms with van der Waals surface area (Å²) in [6.45, 7) is 15.8. The predicted octanol–water partition coefficient (Wildman–Crippen LogP) is 3.54. The molecule has 3 nitrogen and oxygen atoms in total. The molecular formula is C19H33O3Ti-. The van der Waals surface area contributed by atoms with Crippen LogP contribution in [0.2, 0.25) is 0 Å². The number of aryl methyl sites for hydroxylation is 4. The van der Waals surface area contributed by atoms with Crippen molar-refractivity contribution in [2.45, 2.75) is 48.5 Å². The summed E-state index contributed by atoms with van der Waals surface area (Å²) in [5, 5.41) is 24.0. The largest absolute Gasteiger partial charge is 0.400 e.